The second kappa shape index (κ2) is 7.16. The van der Waals surface area contributed by atoms with Crippen molar-refractivity contribution in [1.29, 1.82) is 0 Å². The van der Waals surface area contributed by atoms with Crippen molar-refractivity contribution in [2.75, 3.05) is 19.7 Å². The Hall–Kier alpha value is -1.23. The van der Waals surface area contributed by atoms with Crippen molar-refractivity contribution < 1.29 is 9.53 Å². The maximum Gasteiger partial charge on any atom is 0.250 e. The lowest BCUT2D eigenvalue weighted by Gasteiger charge is -2.25. The Morgan fingerprint density at radius 3 is 3.05 bits per heavy atom. The molecule has 2 N–H and O–H groups in total. The number of benzene rings is 1. The van der Waals surface area contributed by atoms with Crippen molar-refractivity contribution in [2.24, 2.45) is 0 Å². The molecule has 0 unspecified atom stereocenters. The van der Waals surface area contributed by atoms with E-state index in [-0.39, 0.29) is 24.4 Å². The highest BCUT2D eigenvalue weighted by Crippen LogP contribution is 2.29. The van der Waals surface area contributed by atoms with Gasteiger partial charge in [-0.25, -0.2) is 0 Å². The normalized spacial score (nSPS) is 20.4. The zero-order valence-electron chi connectivity index (χ0n) is 11.5. The zero-order valence-corrected chi connectivity index (χ0v) is 13.1. The number of hydrogen-bond acceptors (Lipinski definition) is 3. The molecule has 4 nitrogen and oxygen atoms in total. The molecule has 6 heteroatoms. The van der Waals surface area contributed by atoms with Crippen LogP contribution in [0.25, 0.3) is 6.08 Å². The first-order valence-corrected chi connectivity index (χ1v) is 7.25. The van der Waals surface area contributed by atoms with E-state index in [4.69, 9.17) is 16.3 Å². The average Bonchev–Trinajstić information content (AvgIpc) is 2.47. The minimum absolute atomic E-state index is 0. The van der Waals surface area contributed by atoms with Gasteiger partial charge in [-0.15, -0.1) is 12.4 Å². The predicted octanol–water partition coefficient (Wildman–Crippen LogP) is 2.41. The maximum atomic E-state index is 12.2. The Bertz CT molecular complexity index is 555. The summed E-state index contributed by atoms with van der Waals surface area (Å²) in [6.45, 7) is 2.17. The first kappa shape index (κ1) is 16.1. The summed E-state index contributed by atoms with van der Waals surface area (Å²) in [5.41, 5.74) is 1.50. The van der Waals surface area contributed by atoms with Crippen LogP contribution >= 0.6 is 24.0 Å². The lowest BCUT2D eigenvalue weighted by Crippen LogP contribution is -2.46. The van der Waals surface area contributed by atoms with Gasteiger partial charge in [0.05, 0.1) is 5.57 Å². The van der Waals surface area contributed by atoms with Gasteiger partial charge in [-0.1, -0.05) is 11.6 Å². The molecule has 2 aliphatic rings. The van der Waals surface area contributed by atoms with Crippen molar-refractivity contribution in [2.45, 2.75) is 18.9 Å². The summed E-state index contributed by atoms with van der Waals surface area (Å²) >= 11 is 5.97. The van der Waals surface area contributed by atoms with Crippen LogP contribution in [0.2, 0.25) is 5.02 Å². The monoisotopic (exact) mass is 328 g/mol. The second-order valence-corrected chi connectivity index (χ2v) is 5.59. The molecule has 0 aromatic heterocycles. The van der Waals surface area contributed by atoms with E-state index in [1.54, 1.807) is 6.07 Å². The maximum absolute atomic E-state index is 12.2. The van der Waals surface area contributed by atoms with Gasteiger partial charge in [-0.05, 0) is 43.7 Å². The molecular weight excluding hydrogens is 311 g/mol. The van der Waals surface area contributed by atoms with Gasteiger partial charge in [0.25, 0.3) is 5.91 Å². The first-order valence-electron chi connectivity index (χ1n) is 6.87. The molecule has 1 atom stereocenters. The minimum Gasteiger partial charge on any atom is -0.488 e. The van der Waals surface area contributed by atoms with Gasteiger partial charge < -0.3 is 15.4 Å². The molecule has 21 heavy (non-hydrogen) atoms. The Morgan fingerprint density at radius 2 is 2.29 bits per heavy atom. The molecule has 1 aromatic carbocycles. The number of amides is 1. The van der Waals surface area contributed by atoms with Crippen LogP contribution < -0.4 is 15.4 Å². The van der Waals surface area contributed by atoms with Crippen LogP contribution in [-0.4, -0.2) is 31.6 Å². The number of carbonyl (C=O) groups excluding carboxylic acids is 1. The number of hydrogen-bond donors (Lipinski definition) is 2. The molecule has 0 bridgehead atoms. The van der Waals surface area contributed by atoms with E-state index < -0.39 is 0 Å². The number of ether oxygens (including phenoxy) is 1. The largest absolute Gasteiger partial charge is 0.488 e. The van der Waals surface area contributed by atoms with Crippen molar-refractivity contribution in [3.05, 3.63) is 34.4 Å². The molecule has 1 amide bonds. The molecule has 2 aliphatic heterocycles. The van der Waals surface area contributed by atoms with Crippen LogP contribution in [0.3, 0.4) is 0 Å². The van der Waals surface area contributed by atoms with E-state index in [1.165, 1.54) is 0 Å². The van der Waals surface area contributed by atoms with Gasteiger partial charge in [0, 0.05) is 23.2 Å². The van der Waals surface area contributed by atoms with E-state index in [0.717, 1.165) is 37.2 Å². The van der Waals surface area contributed by atoms with E-state index in [0.29, 0.717) is 17.2 Å². The summed E-state index contributed by atoms with van der Waals surface area (Å²) in [7, 11) is 0. The van der Waals surface area contributed by atoms with E-state index >= 15 is 0 Å². The summed E-state index contributed by atoms with van der Waals surface area (Å²) in [5.74, 6) is 0.717. The molecule has 114 valence electrons. The van der Waals surface area contributed by atoms with Gasteiger partial charge in [-0.2, -0.15) is 0 Å². The highest BCUT2D eigenvalue weighted by atomic mass is 35.5. The smallest absolute Gasteiger partial charge is 0.250 e. The third kappa shape index (κ3) is 3.90. The van der Waals surface area contributed by atoms with E-state index in [9.17, 15) is 4.79 Å². The summed E-state index contributed by atoms with van der Waals surface area (Å²) in [6.07, 6.45) is 3.98. The first-order chi connectivity index (χ1) is 9.72. The molecule has 1 aromatic rings. The van der Waals surface area contributed by atoms with Crippen molar-refractivity contribution in [3.63, 3.8) is 0 Å². The third-order valence-corrected chi connectivity index (χ3v) is 3.84. The Balaban J connectivity index is 0.00000161. The molecule has 0 aliphatic carbocycles. The van der Waals surface area contributed by atoms with Crippen LogP contribution in [0.1, 0.15) is 18.4 Å². The molecular formula is C15H18Cl2N2O2. The summed E-state index contributed by atoms with van der Waals surface area (Å²) in [4.78, 5) is 12.2. The number of nitrogens with one attached hydrogen (secondary N) is 2. The zero-order chi connectivity index (χ0) is 13.9. The van der Waals surface area contributed by atoms with Crippen LogP contribution in [0.4, 0.5) is 0 Å². The SMILES string of the molecule is Cl.O=C(N[C@H]1CCCNC1)C1=Cc2cc(Cl)ccc2OC1. The Kier molecular flexibility index (Phi) is 5.51. The highest BCUT2D eigenvalue weighted by Gasteiger charge is 2.21. The van der Waals surface area contributed by atoms with E-state index in [2.05, 4.69) is 10.6 Å². The van der Waals surface area contributed by atoms with Gasteiger partial charge in [0.2, 0.25) is 0 Å². The molecule has 3 rings (SSSR count). The molecule has 0 saturated carbocycles. The summed E-state index contributed by atoms with van der Waals surface area (Å²) in [6, 6.07) is 5.63. The minimum atomic E-state index is -0.0516. The van der Waals surface area contributed by atoms with Crippen LogP contribution in [0.15, 0.2) is 23.8 Å². The Labute approximate surface area is 135 Å². The van der Waals surface area contributed by atoms with Crippen molar-refractivity contribution in [3.8, 4) is 5.75 Å². The standard InChI is InChI=1S/C15H17ClN2O2.ClH/c16-12-3-4-14-10(7-12)6-11(9-20-14)15(19)18-13-2-1-5-17-8-13;/h3-4,6-7,13,17H,1-2,5,8-9H2,(H,18,19);1H/t13-;/m0./s1. The molecule has 1 fully saturated rings. The lowest BCUT2D eigenvalue weighted by molar-refractivity contribution is -0.118. The molecule has 0 radical (unpaired) electrons. The van der Waals surface area contributed by atoms with Crippen molar-refractivity contribution >= 4 is 36.0 Å². The number of halogens is 2. The van der Waals surface area contributed by atoms with Crippen LogP contribution in [0, 0.1) is 0 Å². The molecule has 0 spiro atoms. The number of piperidine rings is 1. The summed E-state index contributed by atoms with van der Waals surface area (Å²) in [5, 5.41) is 6.98. The van der Waals surface area contributed by atoms with Gasteiger partial charge in [0.15, 0.2) is 0 Å². The lowest BCUT2D eigenvalue weighted by atomic mass is 10.0. The van der Waals surface area contributed by atoms with Gasteiger partial charge in [0.1, 0.15) is 12.4 Å². The third-order valence-electron chi connectivity index (χ3n) is 3.61. The molecule has 2 heterocycles. The van der Waals surface area contributed by atoms with Crippen LogP contribution in [0.5, 0.6) is 5.75 Å². The van der Waals surface area contributed by atoms with Gasteiger partial charge >= 0.3 is 0 Å². The van der Waals surface area contributed by atoms with Crippen LogP contribution in [-0.2, 0) is 4.79 Å². The average molecular weight is 329 g/mol. The number of fused-ring (bicyclic) bond motifs is 1. The predicted molar refractivity (Wildman–Crippen MR) is 86.2 cm³/mol. The van der Waals surface area contributed by atoms with E-state index in [1.807, 2.05) is 18.2 Å². The number of rotatable bonds is 2. The fourth-order valence-electron chi connectivity index (χ4n) is 2.53. The van der Waals surface area contributed by atoms with Gasteiger partial charge in [-0.3, -0.25) is 4.79 Å². The quantitative estimate of drug-likeness (QED) is 0.876. The Morgan fingerprint density at radius 1 is 1.43 bits per heavy atom. The summed E-state index contributed by atoms with van der Waals surface area (Å²) < 4.78 is 5.60. The second-order valence-electron chi connectivity index (χ2n) is 5.16. The number of carbonyl (C=O) groups is 1. The van der Waals surface area contributed by atoms with Crippen molar-refractivity contribution in [1.82, 2.24) is 10.6 Å². The topological polar surface area (TPSA) is 50.4 Å². The molecule has 1 saturated heterocycles. The fourth-order valence-corrected chi connectivity index (χ4v) is 2.71. The highest BCUT2D eigenvalue weighted by molar-refractivity contribution is 6.30. The fraction of sp³-hybridized carbons (Fsp3) is 0.400.